The summed E-state index contributed by atoms with van der Waals surface area (Å²) in [4.78, 5) is 2.61. The number of hydrogen-bond donors (Lipinski definition) is 1. The summed E-state index contributed by atoms with van der Waals surface area (Å²) in [6.45, 7) is 8.16. The minimum atomic E-state index is -0.830. The zero-order valence-corrected chi connectivity index (χ0v) is 19.8. The van der Waals surface area contributed by atoms with Crippen LogP contribution in [-0.4, -0.2) is 35.8 Å². The third-order valence-electron chi connectivity index (χ3n) is 7.27. The van der Waals surface area contributed by atoms with Crippen molar-refractivity contribution in [3.63, 3.8) is 0 Å². The summed E-state index contributed by atoms with van der Waals surface area (Å²) in [7, 11) is 1.62. The van der Waals surface area contributed by atoms with E-state index in [1.807, 2.05) is 18.2 Å². The van der Waals surface area contributed by atoms with Crippen molar-refractivity contribution in [3.05, 3.63) is 57.6 Å². The highest BCUT2D eigenvalue weighted by atomic mass is 35.5. The molecule has 0 radical (unpaired) electrons. The quantitative estimate of drug-likeness (QED) is 0.589. The molecule has 0 amide bonds. The summed E-state index contributed by atoms with van der Waals surface area (Å²) in [6.07, 6.45) is 4.76. The monoisotopic (exact) mass is 443 g/mol. The molecule has 0 aromatic heterocycles. The molecule has 2 aromatic carbocycles. The molecule has 4 rings (SSSR count). The van der Waals surface area contributed by atoms with Gasteiger partial charge in [-0.1, -0.05) is 30.7 Å². The first-order chi connectivity index (χ1) is 14.9. The number of nitrogens with zero attached hydrogens (tertiary/aromatic N) is 1. The first kappa shape index (κ1) is 22.4. The number of benzene rings is 2. The average Bonchev–Trinajstić information content (AvgIpc) is 3.00. The maximum atomic E-state index is 11.6. The summed E-state index contributed by atoms with van der Waals surface area (Å²) >= 11 is 6.21. The van der Waals surface area contributed by atoms with Crippen molar-refractivity contribution < 1.29 is 14.6 Å². The zero-order valence-electron chi connectivity index (χ0n) is 19.1. The predicted molar refractivity (Wildman–Crippen MR) is 125 cm³/mol. The van der Waals surface area contributed by atoms with Crippen LogP contribution in [0.5, 0.6) is 11.5 Å². The van der Waals surface area contributed by atoms with Crippen LogP contribution in [0.25, 0.3) is 0 Å². The van der Waals surface area contributed by atoms with Crippen LogP contribution in [0.2, 0.25) is 5.02 Å². The lowest BCUT2D eigenvalue weighted by atomic mass is 9.80. The summed E-state index contributed by atoms with van der Waals surface area (Å²) in [5, 5.41) is 12.2. The van der Waals surface area contributed by atoms with Crippen molar-refractivity contribution in [2.24, 2.45) is 0 Å². The van der Waals surface area contributed by atoms with E-state index in [2.05, 4.69) is 37.8 Å². The van der Waals surface area contributed by atoms with Crippen LogP contribution >= 0.6 is 11.6 Å². The highest BCUT2D eigenvalue weighted by Gasteiger charge is 2.48. The topological polar surface area (TPSA) is 41.9 Å². The van der Waals surface area contributed by atoms with Crippen LogP contribution in [0, 0.1) is 13.8 Å². The van der Waals surface area contributed by atoms with Crippen molar-refractivity contribution in [1.29, 1.82) is 0 Å². The van der Waals surface area contributed by atoms with Crippen molar-refractivity contribution in [3.8, 4) is 11.5 Å². The molecule has 31 heavy (non-hydrogen) atoms. The Morgan fingerprint density at radius 3 is 2.42 bits per heavy atom. The summed E-state index contributed by atoms with van der Waals surface area (Å²) < 4.78 is 11.3. The number of fused-ring (bicyclic) bond motifs is 2. The van der Waals surface area contributed by atoms with Crippen molar-refractivity contribution >= 4 is 11.6 Å². The second-order valence-electron chi connectivity index (χ2n) is 9.17. The molecule has 2 bridgehead atoms. The van der Waals surface area contributed by atoms with Gasteiger partial charge in [0.25, 0.3) is 0 Å². The number of hydrogen-bond acceptors (Lipinski definition) is 4. The number of ether oxygens (including phenoxy) is 2. The van der Waals surface area contributed by atoms with E-state index in [-0.39, 0.29) is 0 Å². The molecule has 0 saturated carbocycles. The van der Waals surface area contributed by atoms with Crippen LogP contribution in [-0.2, 0) is 12.1 Å². The number of piperidine rings is 1. The molecular formula is C26H34ClNO3. The Morgan fingerprint density at radius 2 is 1.77 bits per heavy atom. The van der Waals surface area contributed by atoms with Crippen LogP contribution < -0.4 is 9.47 Å². The molecule has 2 heterocycles. The smallest absolute Gasteiger partial charge is 0.137 e. The third kappa shape index (κ3) is 4.30. The minimum absolute atomic E-state index is 0.376. The van der Waals surface area contributed by atoms with Gasteiger partial charge in [0.2, 0.25) is 0 Å². The lowest BCUT2D eigenvalue weighted by Crippen LogP contribution is -2.49. The molecule has 0 spiro atoms. The second kappa shape index (κ2) is 9.01. The molecule has 2 saturated heterocycles. The molecule has 5 heteroatoms. The Bertz CT molecular complexity index is 930. The van der Waals surface area contributed by atoms with E-state index in [0.717, 1.165) is 56.6 Å². The van der Waals surface area contributed by atoms with E-state index in [1.165, 1.54) is 16.7 Å². The molecule has 2 unspecified atom stereocenters. The molecule has 2 aromatic rings. The molecule has 168 valence electrons. The lowest BCUT2D eigenvalue weighted by molar-refractivity contribution is -0.0596. The largest absolute Gasteiger partial charge is 0.495 e. The molecule has 2 aliphatic rings. The van der Waals surface area contributed by atoms with Gasteiger partial charge in [0, 0.05) is 18.6 Å². The average molecular weight is 444 g/mol. The molecule has 4 nitrogen and oxygen atoms in total. The van der Waals surface area contributed by atoms with Gasteiger partial charge < -0.3 is 14.6 Å². The SMILES string of the molecule is CCCOc1ccc(CN2C3CCC2CC(O)(c2ccc(Cl)c(OC)c2)C3)c(C)c1C. The van der Waals surface area contributed by atoms with Crippen molar-refractivity contribution in [2.75, 3.05) is 13.7 Å². The fourth-order valence-corrected chi connectivity index (χ4v) is 5.54. The van der Waals surface area contributed by atoms with Gasteiger partial charge >= 0.3 is 0 Å². The van der Waals surface area contributed by atoms with Gasteiger partial charge in [-0.2, -0.15) is 0 Å². The van der Waals surface area contributed by atoms with Crippen LogP contribution in [0.1, 0.15) is 61.3 Å². The normalized spacial score (nSPS) is 25.6. The maximum absolute atomic E-state index is 11.6. The Morgan fingerprint density at radius 1 is 1.06 bits per heavy atom. The summed E-state index contributed by atoms with van der Waals surface area (Å²) in [5.74, 6) is 1.62. The lowest BCUT2D eigenvalue weighted by Gasteiger charge is -2.44. The van der Waals surface area contributed by atoms with Gasteiger partial charge in [0.15, 0.2) is 0 Å². The van der Waals surface area contributed by atoms with Gasteiger partial charge in [0.05, 0.1) is 24.3 Å². The van der Waals surface area contributed by atoms with Crippen molar-refractivity contribution in [2.45, 2.75) is 77.1 Å². The highest BCUT2D eigenvalue weighted by molar-refractivity contribution is 6.32. The fourth-order valence-electron chi connectivity index (χ4n) is 5.35. The predicted octanol–water partition coefficient (Wildman–Crippen LogP) is 5.77. The Balaban J connectivity index is 1.52. The van der Waals surface area contributed by atoms with E-state index in [1.54, 1.807) is 7.11 Å². The van der Waals surface area contributed by atoms with E-state index in [0.29, 0.717) is 22.9 Å². The Hall–Kier alpha value is -1.75. The van der Waals surface area contributed by atoms with E-state index >= 15 is 0 Å². The van der Waals surface area contributed by atoms with Gasteiger partial charge in [-0.25, -0.2) is 0 Å². The summed E-state index contributed by atoms with van der Waals surface area (Å²) in [6, 6.07) is 10.8. The van der Waals surface area contributed by atoms with E-state index in [4.69, 9.17) is 21.1 Å². The minimum Gasteiger partial charge on any atom is -0.495 e. The second-order valence-corrected chi connectivity index (χ2v) is 9.57. The highest BCUT2D eigenvalue weighted by Crippen LogP contribution is 2.47. The Kier molecular flexibility index (Phi) is 6.52. The van der Waals surface area contributed by atoms with Crippen LogP contribution in [0.4, 0.5) is 0 Å². The van der Waals surface area contributed by atoms with Gasteiger partial charge in [-0.05, 0) is 86.4 Å². The molecule has 2 aliphatic heterocycles. The number of rotatable bonds is 7. The number of aliphatic hydroxyl groups is 1. The van der Waals surface area contributed by atoms with Gasteiger partial charge in [-0.15, -0.1) is 0 Å². The molecule has 1 N–H and O–H groups in total. The molecule has 0 aliphatic carbocycles. The first-order valence-corrected chi connectivity index (χ1v) is 11.8. The number of methoxy groups -OCH3 is 1. The molecule has 2 fully saturated rings. The third-order valence-corrected chi connectivity index (χ3v) is 7.58. The first-order valence-electron chi connectivity index (χ1n) is 11.4. The van der Waals surface area contributed by atoms with E-state index < -0.39 is 5.60 Å². The number of halogens is 1. The van der Waals surface area contributed by atoms with Crippen LogP contribution in [0.3, 0.4) is 0 Å². The van der Waals surface area contributed by atoms with Crippen LogP contribution in [0.15, 0.2) is 30.3 Å². The van der Waals surface area contributed by atoms with Gasteiger partial charge in [-0.3, -0.25) is 4.90 Å². The maximum Gasteiger partial charge on any atom is 0.137 e. The van der Waals surface area contributed by atoms with Crippen molar-refractivity contribution in [1.82, 2.24) is 4.90 Å². The zero-order chi connectivity index (χ0) is 22.2. The Labute approximate surface area is 191 Å². The molecule has 2 atom stereocenters. The standard InChI is InChI=1S/C26H34ClNO3/c1-5-12-31-24-11-6-19(17(2)18(24)3)16-28-21-8-9-22(28)15-26(29,14-21)20-7-10-23(27)25(13-20)30-4/h6-7,10-11,13,21-22,29H,5,8-9,12,14-16H2,1-4H3. The molecular weight excluding hydrogens is 410 g/mol. The fraction of sp³-hybridized carbons (Fsp3) is 0.538. The van der Waals surface area contributed by atoms with E-state index in [9.17, 15) is 5.11 Å². The summed E-state index contributed by atoms with van der Waals surface area (Å²) in [5.41, 5.74) is 3.99. The van der Waals surface area contributed by atoms with Gasteiger partial charge in [0.1, 0.15) is 11.5 Å².